The van der Waals surface area contributed by atoms with Gasteiger partial charge in [0.05, 0.1) is 24.2 Å². The number of carbonyl (C=O) groups excluding carboxylic acids is 2. The molecule has 1 saturated heterocycles. The molecule has 20 heavy (non-hydrogen) atoms. The van der Waals surface area contributed by atoms with Crippen molar-refractivity contribution in [2.75, 3.05) is 13.7 Å². The Morgan fingerprint density at radius 1 is 1.40 bits per heavy atom. The van der Waals surface area contributed by atoms with Gasteiger partial charge >= 0.3 is 5.97 Å². The molecule has 110 valence electrons. The first-order chi connectivity index (χ1) is 9.52. The van der Waals surface area contributed by atoms with E-state index in [0.29, 0.717) is 11.4 Å². The van der Waals surface area contributed by atoms with E-state index < -0.39 is 0 Å². The van der Waals surface area contributed by atoms with Gasteiger partial charge in [-0.05, 0) is 33.1 Å². The van der Waals surface area contributed by atoms with E-state index in [1.54, 1.807) is 0 Å². The molecule has 0 saturated carbocycles. The minimum Gasteiger partial charge on any atom is -0.469 e. The van der Waals surface area contributed by atoms with Crippen LogP contribution >= 0.6 is 11.3 Å². The fourth-order valence-electron chi connectivity index (χ4n) is 2.62. The molecule has 0 radical (unpaired) electrons. The van der Waals surface area contributed by atoms with E-state index in [-0.39, 0.29) is 24.3 Å². The summed E-state index contributed by atoms with van der Waals surface area (Å²) in [6, 6.07) is -0.0505. The smallest absolute Gasteiger partial charge is 0.307 e. The van der Waals surface area contributed by atoms with E-state index in [4.69, 9.17) is 4.74 Å². The normalized spacial score (nSPS) is 18.9. The quantitative estimate of drug-likeness (QED) is 0.803. The monoisotopic (exact) mass is 296 g/mol. The number of esters is 1. The summed E-state index contributed by atoms with van der Waals surface area (Å²) in [5.74, 6) is -0.256. The average molecular weight is 296 g/mol. The van der Waals surface area contributed by atoms with Gasteiger partial charge in [-0.3, -0.25) is 9.59 Å². The lowest BCUT2D eigenvalue weighted by Crippen LogP contribution is -2.44. The third-order valence-corrected chi connectivity index (χ3v) is 4.68. The second-order valence-electron chi connectivity index (χ2n) is 5.08. The highest BCUT2D eigenvalue weighted by Crippen LogP contribution is 2.26. The fourth-order valence-corrected chi connectivity index (χ4v) is 3.49. The summed E-state index contributed by atoms with van der Waals surface area (Å²) < 4.78 is 4.73. The van der Waals surface area contributed by atoms with Crippen molar-refractivity contribution in [3.63, 3.8) is 0 Å². The van der Waals surface area contributed by atoms with Crippen LogP contribution in [0, 0.1) is 13.8 Å². The third-order valence-electron chi connectivity index (χ3n) is 3.62. The Bertz CT molecular complexity index is 513. The van der Waals surface area contributed by atoms with Crippen molar-refractivity contribution in [3.8, 4) is 0 Å². The molecule has 0 N–H and O–H groups in total. The van der Waals surface area contributed by atoms with Gasteiger partial charge in [0, 0.05) is 12.6 Å². The van der Waals surface area contributed by atoms with Crippen molar-refractivity contribution in [2.24, 2.45) is 0 Å². The summed E-state index contributed by atoms with van der Waals surface area (Å²) in [5, 5.41) is 0.896. The van der Waals surface area contributed by atoms with Gasteiger partial charge in [0.15, 0.2) is 0 Å². The van der Waals surface area contributed by atoms with Crippen LogP contribution in [0.5, 0.6) is 0 Å². The van der Waals surface area contributed by atoms with Crippen LogP contribution in [0.3, 0.4) is 0 Å². The second-order valence-corrected chi connectivity index (χ2v) is 6.28. The zero-order chi connectivity index (χ0) is 14.7. The van der Waals surface area contributed by atoms with E-state index >= 15 is 0 Å². The van der Waals surface area contributed by atoms with E-state index in [1.807, 2.05) is 18.7 Å². The molecule has 0 bridgehead atoms. The first-order valence-corrected chi connectivity index (χ1v) is 7.66. The molecule has 1 aromatic heterocycles. The van der Waals surface area contributed by atoms with E-state index in [2.05, 4.69) is 4.98 Å². The van der Waals surface area contributed by atoms with Gasteiger partial charge in [-0.25, -0.2) is 4.98 Å². The third kappa shape index (κ3) is 3.17. The molecule has 0 aliphatic carbocycles. The van der Waals surface area contributed by atoms with E-state index in [9.17, 15) is 9.59 Å². The van der Waals surface area contributed by atoms with Crippen molar-refractivity contribution in [2.45, 2.75) is 45.6 Å². The van der Waals surface area contributed by atoms with Crippen LogP contribution in [0.1, 0.15) is 46.1 Å². The van der Waals surface area contributed by atoms with Gasteiger partial charge < -0.3 is 9.64 Å². The van der Waals surface area contributed by atoms with E-state index in [1.165, 1.54) is 18.4 Å². The summed E-state index contributed by atoms with van der Waals surface area (Å²) in [6.45, 7) is 4.46. The number of nitrogens with zero attached hydrogens (tertiary/aromatic N) is 2. The molecule has 0 aromatic carbocycles. The molecule has 6 heteroatoms. The molecule has 2 rings (SSSR count). The van der Waals surface area contributed by atoms with Gasteiger partial charge in [0.25, 0.3) is 5.91 Å². The van der Waals surface area contributed by atoms with Gasteiger partial charge in [-0.15, -0.1) is 11.3 Å². The molecule has 1 aliphatic heterocycles. The Kier molecular flexibility index (Phi) is 4.75. The highest BCUT2D eigenvalue weighted by molar-refractivity contribution is 7.13. The number of rotatable bonds is 3. The molecule has 1 atom stereocenters. The first-order valence-electron chi connectivity index (χ1n) is 6.84. The van der Waals surface area contributed by atoms with Crippen molar-refractivity contribution in [1.29, 1.82) is 0 Å². The Balaban J connectivity index is 2.17. The van der Waals surface area contributed by atoms with Gasteiger partial charge in [-0.1, -0.05) is 0 Å². The number of hydrogen-bond donors (Lipinski definition) is 0. The molecule has 1 unspecified atom stereocenters. The molecule has 1 fully saturated rings. The van der Waals surface area contributed by atoms with Crippen LogP contribution in [-0.2, 0) is 9.53 Å². The van der Waals surface area contributed by atoms with Crippen LogP contribution in [-0.4, -0.2) is 41.5 Å². The number of thiazole rings is 1. The number of amides is 1. The first kappa shape index (κ1) is 15.0. The number of aryl methyl sites for hydroxylation is 2. The van der Waals surface area contributed by atoms with Crippen LogP contribution in [0.25, 0.3) is 0 Å². The summed E-state index contributed by atoms with van der Waals surface area (Å²) in [4.78, 5) is 31.0. The second kappa shape index (κ2) is 6.35. The fraction of sp³-hybridized carbons (Fsp3) is 0.643. The van der Waals surface area contributed by atoms with Gasteiger partial charge in [0.2, 0.25) is 0 Å². The minimum atomic E-state index is -0.257. The highest BCUT2D eigenvalue weighted by Gasteiger charge is 2.31. The maximum absolute atomic E-state index is 12.7. The van der Waals surface area contributed by atoms with Crippen molar-refractivity contribution >= 4 is 23.2 Å². The maximum Gasteiger partial charge on any atom is 0.307 e. The summed E-state index contributed by atoms with van der Waals surface area (Å²) in [6.07, 6.45) is 3.17. The maximum atomic E-state index is 12.7. The Labute approximate surface area is 122 Å². The van der Waals surface area contributed by atoms with Crippen LogP contribution < -0.4 is 0 Å². The lowest BCUT2D eigenvalue weighted by molar-refractivity contribution is -0.142. The van der Waals surface area contributed by atoms with Crippen LogP contribution in [0.15, 0.2) is 0 Å². The van der Waals surface area contributed by atoms with Crippen LogP contribution in [0.2, 0.25) is 0 Å². The topological polar surface area (TPSA) is 59.5 Å². The molecule has 0 spiro atoms. The largest absolute Gasteiger partial charge is 0.469 e. The van der Waals surface area contributed by atoms with Crippen molar-refractivity contribution < 1.29 is 14.3 Å². The Morgan fingerprint density at radius 3 is 2.75 bits per heavy atom. The number of hydrogen-bond acceptors (Lipinski definition) is 5. The minimum absolute atomic E-state index is 0.00158. The Hall–Kier alpha value is -1.43. The lowest BCUT2D eigenvalue weighted by atomic mass is 9.99. The van der Waals surface area contributed by atoms with E-state index in [0.717, 1.165) is 30.0 Å². The molecule has 1 aromatic rings. The highest BCUT2D eigenvalue weighted by atomic mass is 32.1. The predicted molar refractivity (Wildman–Crippen MR) is 76.9 cm³/mol. The number of ether oxygens (including phenoxy) is 1. The molecule has 2 heterocycles. The van der Waals surface area contributed by atoms with Crippen molar-refractivity contribution in [3.05, 3.63) is 15.6 Å². The number of aromatic nitrogens is 1. The summed E-state index contributed by atoms with van der Waals surface area (Å²) in [5.41, 5.74) is 0.778. The average Bonchev–Trinajstić information content (AvgIpc) is 2.77. The number of methoxy groups -OCH3 is 1. The summed E-state index contributed by atoms with van der Waals surface area (Å²) in [7, 11) is 1.38. The Morgan fingerprint density at radius 2 is 2.15 bits per heavy atom. The van der Waals surface area contributed by atoms with Gasteiger partial charge in [0.1, 0.15) is 4.88 Å². The molecule has 5 nitrogen and oxygen atoms in total. The lowest BCUT2D eigenvalue weighted by Gasteiger charge is -2.35. The SMILES string of the molecule is COC(=O)CC1CCCCN1C(=O)c1sc(C)nc1C. The van der Waals surface area contributed by atoms with Crippen LogP contribution in [0.4, 0.5) is 0 Å². The zero-order valence-electron chi connectivity index (χ0n) is 12.1. The van der Waals surface area contributed by atoms with Crippen molar-refractivity contribution in [1.82, 2.24) is 9.88 Å². The van der Waals surface area contributed by atoms with Gasteiger partial charge in [-0.2, -0.15) is 0 Å². The number of carbonyl (C=O) groups is 2. The number of likely N-dealkylation sites (tertiary alicyclic amines) is 1. The zero-order valence-corrected chi connectivity index (χ0v) is 13.0. The standard InChI is InChI=1S/C14H20N2O3S/c1-9-13(20-10(2)15-9)14(18)16-7-5-4-6-11(16)8-12(17)19-3/h11H,4-8H2,1-3H3. The molecular weight excluding hydrogens is 276 g/mol. The molecular formula is C14H20N2O3S. The molecule has 1 aliphatic rings. The summed E-state index contributed by atoms with van der Waals surface area (Å²) >= 11 is 1.42. The predicted octanol–water partition coefficient (Wildman–Crippen LogP) is 2.32. The molecule has 1 amide bonds. The number of piperidine rings is 1.